The van der Waals surface area contributed by atoms with Crippen LogP contribution < -0.4 is 10.5 Å². The first-order chi connectivity index (χ1) is 7.38. The number of nitrogens with two attached hydrogens (primary N) is 1. The monoisotopic (exact) mass is 219 g/mol. The first-order valence-corrected chi connectivity index (χ1v) is 5.93. The van der Waals surface area contributed by atoms with E-state index in [4.69, 9.17) is 10.5 Å². The molecule has 0 fully saturated rings. The molecule has 2 nitrogen and oxygen atoms in total. The predicted molar refractivity (Wildman–Crippen MR) is 66.6 cm³/mol. The highest BCUT2D eigenvalue weighted by atomic mass is 16.5. The van der Waals surface area contributed by atoms with Crippen LogP contribution in [0, 0.1) is 5.41 Å². The Morgan fingerprint density at radius 3 is 2.62 bits per heavy atom. The van der Waals surface area contributed by atoms with Crippen molar-refractivity contribution in [3.63, 3.8) is 0 Å². The van der Waals surface area contributed by atoms with Crippen molar-refractivity contribution >= 4 is 0 Å². The minimum Gasteiger partial charge on any atom is -0.489 e. The molecule has 2 rings (SSSR count). The molecule has 2 heteroatoms. The average molecular weight is 219 g/mol. The summed E-state index contributed by atoms with van der Waals surface area (Å²) in [6.07, 6.45) is 1.28. The molecule has 0 amide bonds. The molecular weight excluding hydrogens is 198 g/mol. The fourth-order valence-electron chi connectivity index (χ4n) is 2.03. The van der Waals surface area contributed by atoms with Gasteiger partial charge >= 0.3 is 0 Å². The van der Waals surface area contributed by atoms with Crippen molar-refractivity contribution < 1.29 is 4.74 Å². The van der Waals surface area contributed by atoms with E-state index < -0.39 is 0 Å². The van der Waals surface area contributed by atoms with E-state index in [9.17, 15) is 0 Å². The molecule has 1 aliphatic rings. The van der Waals surface area contributed by atoms with Crippen molar-refractivity contribution in [2.45, 2.75) is 46.3 Å². The molecule has 2 atom stereocenters. The Hall–Kier alpha value is -1.02. The first-order valence-electron chi connectivity index (χ1n) is 5.93. The Morgan fingerprint density at radius 1 is 1.38 bits per heavy atom. The Balaban J connectivity index is 2.25. The van der Waals surface area contributed by atoms with E-state index in [2.05, 4.69) is 39.0 Å². The topological polar surface area (TPSA) is 35.2 Å². The molecule has 1 aliphatic heterocycles. The highest BCUT2D eigenvalue weighted by molar-refractivity contribution is 5.41. The molecule has 88 valence electrons. The van der Waals surface area contributed by atoms with Crippen LogP contribution in [-0.2, 0) is 6.42 Å². The highest BCUT2D eigenvalue weighted by Gasteiger charge is 2.32. The van der Waals surface area contributed by atoms with Gasteiger partial charge in [-0.25, -0.2) is 0 Å². The second-order valence-corrected chi connectivity index (χ2v) is 5.83. The quantitative estimate of drug-likeness (QED) is 0.788. The summed E-state index contributed by atoms with van der Waals surface area (Å²) in [5.74, 6) is 1.03. The summed E-state index contributed by atoms with van der Waals surface area (Å²) in [6.45, 7) is 8.67. The summed E-state index contributed by atoms with van der Waals surface area (Å²) < 4.78 is 5.97. The summed E-state index contributed by atoms with van der Waals surface area (Å²) in [4.78, 5) is 0. The Kier molecular flexibility index (Phi) is 2.70. The van der Waals surface area contributed by atoms with Gasteiger partial charge in [-0.3, -0.25) is 0 Å². The number of rotatable bonds is 1. The minimum atomic E-state index is 0.0963. The van der Waals surface area contributed by atoms with Crippen molar-refractivity contribution in [2.24, 2.45) is 11.1 Å². The fraction of sp³-hybridized carbons (Fsp3) is 0.571. The van der Waals surface area contributed by atoms with Crippen molar-refractivity contribution in [2.75, 3.05) is 0 Å². The summed E-state index contributed by atoms with van der Waals surface area (Å²) in [7, 11) is 0. The molecule has 0 aromatic heterocycles. The minimum absolute atomic E-state index is 0.0963. The second-order valence-electron chi connectivity index (χ2n) is 5.83. The summed E-state index contributed by atoms with van der Waals surface area (Å²) >= 11 is 0. The normalized spacial score (nSPS) is 21.4. The van der Waals surface area contributed by atoms with Gasteiger partial charge in [-0.05, 0) is 29.5 Å². The number of hydrogen-bond donors (Lipinski definition) is 1. The number of fused-ring (bicyclic) bond motifs is 1. The summed E-state index contributed by atoms with van der Waals surface area (Å²) in [5, 5.41) is 0. The molecule has 1 aromatic carbocycles. The molecule has 0 spiro atoms. The van der Waals surface area contributed by atoms with Crippen LogP contribution >= 0.6 is 0 Å². The van der Waals surface area contributed by atoms with E-state index in [-0.39, 0.29) is 17.6 Å². The van der Waals surface area contributed by atoms with Gasteiger partial charge < -0.3 is 10.5 Å². The zero-order valence-electron chi connectivity index (χ0n) is 10.6. The Bertz CT molecular complexity index is 390. The maximum Gasteiger partial charge on any atom is 0.123 e. The van der Waals surface area contributed by atoms with Crippen LogP contribution in [0.4, 0.5) is 0 Å². The maximum absolute atomic E-state index is 5.97. The lowest BCUT2D eigenvalue weighted by Crippen LogP contribution is -2.30. The van der Waals surface area contributed by atoms with Crippen molar-refractivity contribution in [1.82, 2.24) is 0 Å². The third-order valence-electron chi connectivity index (χ3n) is 3.25. The van der Waals surface area contributed by atoms with Crippen LogP contribution in [0.15, 0.2) is 18.2 Å². The zero-order valence-corrected chi connectivity index (χ0v) is 10.6. The van der Waals surface area contributed by atoms with E-state index in [0.717, 1.165) is 12.2 Å². The largest absolute Gasteiger partial charge is 0.489 e. The number of ether oxygens (including phenoxy) is 1. The van der Waals surface area contributed by atoms with Crippen LogP contribution in [0.25, 0.3) is 0 Å². The van der Waals surface area contributed by atoms with E-state index in [1.807, 2.05) is 6.92 Å². The van der Waals surface area contributed by atoms with Crippen LogP contribution in [0.2, 0.25) is 0 Å². The van der Waals surface area contributed by atoms with Gasteiger partial charge in [0.2, 0.25) is 0 Å². The molecule has 0 saturated heterocycles. The molecule has 0 radical (unpaired) electrons. The van der Waals surface area contributed by atoms with Gasteiger partial charge in [-0.2, -0.15) is 0 Å². The van der Waals surface area contributed by atoms with Crippen LogP contribution in [-0.4, -0.2) is 6.10 Å². The van der Waals surface area contributed by atoms with Crippen molar-refractivity contribution in [3.8, 4) is 5.75 Å². The highest BCUT2D eigenvalue weighted by Crippen LogP contribution is 2.37. The smallest absolute Gasteiger partial charge is 0.123 e. The Morgan fingerprint density at radius 2 is 2.06 bits per heavy atom. The molecule has 0 aliphatic carbocycles. The van der Waals surface area contributed by atoms with E-state index >= 15 is 0 Å². The molecule has 0 bridgehead atoms. The van der Waals surface area contributed by atoms with Gasteiger partial charge in [0.1, 0.15) is 11.9 Å². The standard InChI is InChI=1S/C14H21NO/c1-9(15)10-5-6-12-11(7-10)8-13(16-12)14(2,3)4/h5-7,9,13H,8,15H2,1-4H3. The van der Waals surface area contributed by atoms with Crippen molar-refractivity contribution in [1.29, 1.82) is 0 Å². The van der Waals surface area contributed by atoms with E-state index in [1.54, 1.807) is 0 Å². The summed E-state index contributed by atoms with van der Waals surface area (Å²) in [6, 6.07) is 6.40. The fourth-order valence-corrected chi connectivity index (χ4v) is 2.03. The van der Waals surface area contributed by atoms with Gasteiger partial charge in [0, 0.05) is 12.5 Å². The lowest BCUT2D eigenvalue weighted by Gasteiger charge is -2.25. The average Bonchev–Trinajstić information content (AvgIpc) is 2.58. The first kappa shape index (κ1) is 11.5. The van der Waals surface area contributed by atoms with Crippen LogP contribution in [0.1, 0.15) is 44.9 Å². The molecule has 1 aromatic rings. The van der Waals surface area contributed by atoms with Crippen LogP contribution in [0.3, 0.4) is 0 Å². The molecule has 2 N–H and O–H groups in total. The maximum atomic E-state index is 5.97. The third kappa shape index (κ3) is 2.07. The SMILES string of the molecule is CC(N)c1ccc2c(c1)CC(C(C)(C)C)O2. The molecule has 0 saturated carbocycles. The lowest BCUT2D eigenvalue weighted by molar-refractivity contribution is 0.109. The van der Waals surface area contributed by atoms with Gasteiger partial charge in [0.05, 0.1) is 0 Å². The predicted octanol–water partition coefficient (Wildman–Crippen LogP) is 3.06. The second kappa shape index (κ2) is 3.77. The summed E-state index contributed by atoms with van der Waals surface area (Å²) in [5.41, 5.74) is 8.57. The van der Waals surface area contributed by atoms with Crippen LogP contribution in [0.5, 0.6) is 5.75 Å². The lowest BCUT2D eigenvalue weighted by atomic mass is 9.86. The van der Waals surface area contributed by atoms with E-state index in [0.29, 0.717) is 0 Å². The van der Waals surface area contributed by atoms with Gasteiger partial charge in [0.25, 0.3) is 0 Å². The number of benzene rings is 1. The van der Waals surface area contributed by atoms with Gasteiger partial charge in [-0.15, -0.1) is 0 Å². The Labute approximate surface area is 97.8 Å². The van der Waals surface area contributed by atoms with Gasteiger partial charge in [-0.1, -0.05) is 32.9 Å². The molecular formula is C14H21NO. The third-order valence-corrected chi connectivity index (χ3v) is 3.25. The van der Waals surface area contributed by atoms with Crippen molar-refractivity contribution in [3.05, 3.63) is 29.3 Å². The number of hydrogen-bond acceptors (Lipinski definition) is 2. The van der Waals surface area contributed by atoms with Gasteiger partial charge in [0.15, 0.2) is 0 Å². The van der Waals surface area contributed by atoms with E-state index in [1.165, 1.54) is 11.1 Å². The molecule has 2 unspecified atom stereocenters. The molecule has 16 heavy (non-hydrogen) atoms. The molecule has 1 heterocycles. The zero-order chi connectivity index (χ0) is 11.9.